The number of ether oxygens (including phenoxy) is 5. The summed E-state index contributed by atoms with van der Waals surface area (Å²) in [6.07, 6.45) is 3.61. The van der Waals surface area contributed by atoms with E-state index < -0.39 is 36.2 Å². The predicted octanol–water partition coefficient (Wildman–Crippen LogP) is 3.60. The second kappa shape index (κ2) is 14.3. The SMILES string of the molecule is CCC(=O)Oc1ccc(C[C@H](N)C(=O)OC[C@H](C)OC(=O)OC2CCCCC2)cc1OC(=O)CC. The Morgan fingerprint density at radius 3 is 2.23 bits per heavy atom. The summed E-state index contributed by atoms with van der Waals surface area (Å²) >= 11 is 0. The Morgan fingerprint density at radius 2 is 1.60 bits per heavy atom. The minimum absolute atomic E-state index is 0.0650. The monoisotopic (exact) mass is 493 g/mol. The molecule has 2 atom stereocenters. The molecule has 1 aliphatic rings. The summed E-state index contributed by atoms with van der Waals surface area (Å²) in [4.78, 5) is 47.7. The van der Waals surface area contributed by atoms with Gasteiger partial charge in [-0.3, -0.25) is 14.4 Å². The van der Waals surface area contributed by atoms with Crippen LogP contribution in [0.2, 0.25) is 0 Å². The number of benzene rings is 1. The zero-order chi connectivity index (χ0) is 25.8. The molecule has 1 aliphatic carbocycles. The number of hydrogen-bond acceptors (Lipinski definition) is 10. The van der Waals surface area contributed by atoms with Crippen molar-refractivity contribution in [1.82, 2.24) is 0 Å². The molecule has 35 heavy (non-hydrogen) atoms. The molecule has 194 valence electrons. The first-order valence-corrected chi connectivity index (χ1v) is 12.1. The zero-order valence-corrected chi connectivity index (χ0v) is 20.6. The number of esters is 3. The van der Waals surface area contributed by atoms with Gasteiger partial charge in [0, 0.05) is 12.8 Å². The zero-order valence-electron chi connectivity index (χ0n) is 20.6. The highest BCUT2D eigenvalue weighted by atomic mass is 16.7. The molecule has 0 aliphatic heterocycles. The van der Waals surface area contributed by atoms with Crippen molar-refractivity contribution in [2.75, 3.05) is 6.61 Å². The molecule has 10 nitrogen and oxygen atoms in total. The van der Waals surface area contributed by atoms with E-state index in [1.807, 2.05) is 0 Å². The van der Waals surface area contributed by atoms with Gasteiger partial charge in [0.25, 0.3) is 0 Å². The van der Waals surface area contributed by atoms with Gasteiger partial charge in [-0.15, -0.1) is 0 Å². The maximum Gasteiger partial charge on any atom is 0.508 e. The van der Waals surface area contributed by atoms with Crippen LogP contribution in [0.3, 0.4) is 0 Å². The van der Waals surface area contributed by atoms with Crippen LogP contribution in [0, 0.1) is 0 Å². The van der Waals surface area contributed by atoms with E-state index in [-0.39, 0.29) is 43.5 Å². The van der Waals surface area contributed by atoms with E-state index in [2.05, 4.69) is 0 Å². The van der Waals surface area contributed by atoms with Gasteiger partial charge in [0.05, 0.1) is 0 Å². The highest BCUT2D eigenvalue weighted by Crippen LogP contribution is 2.30. The first-order valence-electron chi connectivity index (χ1n) is 12.1. The van der Waals surface area contributed by atoms with Crippen molar-refractivity contribution in [3.05, 3.63) is 23.8 Å². The molecule has 10 heteroatoms. The van der Waals surface area contributed by atoms with Gasteiger partial charge in [-0.25, -0.2) is 4.79 Å². The second-order valence-corrected chi connectivity index (χ2v) is 8.43. The number of hydrogen-bond donors (Lipinski definition) is 1. The smallest absolute Gasteiger partial charge is 0.461 e. The molecule has 0 amide bonds. The molecule has 0 unspecified atom stereocenters. The molecule has 2 rings (SSSR count). The Morgan fingerprint density at radius 1 is 0.971 bits per heavy atom. The third kappa shape index (κ3) is 9.94. The Bertz CT molecular complexity index is 880. The van der Waals surface area contributed by atoms with Crippen molar-refractivity contribution in [3.8, 4) is 11.5 Å². The van der Waals surface area contributed by atoms with Gasteiger partial charge in [0.15, 0.2) is 11.5 Å². The maximum atomic E-state index is 12.3. The molecule has 1 saturated carbocycles. The fourth-order valence-corrected chi connectivity index (χ4v) is 3.42. The summed E-state index contributed by atoms with van der Waals surface area (Å²) < 4.78 is 26.1. The lowest BCUT2D eigenvalue weighted by Gasteiger charge is -2.22. The molecular formula is C25H35NO9. The van der Waals surface area contributed by atoms with E-state index in [4.69, 9.17) is 29.4 Å². The van der Waals surface area contributed by atoms with E-state index >= 15 is 0 Å². The van der Waals surface area contributed by atoms with Crippen LogP contribution in [0.25, 0.3) is 0 Å². The fraction of sp³-hybridized carbons (Fsp3) is 0.600. The first kappa shape index (κ1) is 28.1. The number of carbonyl (C=O) groups is 4. The standard InChI is InChI=1S/C25H35NO9/c1-4-22(27)34-20-12-11-17(14-21(20)35-23(28)5-2)13-19(26)24(29)31-15-16(3)32-25(30)33-18-9-7-6-8-10-18/h11-12,14,16,18-19H,4-10,13,15,26H2,1-3H3/t16-,19-/m0/s1. The molecule has 1 aromatic carbocycles. The topological polar surface area (TPSA) is 140 Å². The minimum atomic E-state index is -1.02. The van der Waals surface area contributed by atoms with Crippen LogP contribution in [-0.4, -0.2) is 48.9 Å². The lowest BCUT2D eigenvalue weighted by molar-refractivity contribution is -0.148. The molecule has 0 aromatic heterocycles. The summed E-state index contributed by atoms with van der Waals surface area (Å²) in [7, 11) is 0. The summed E-state index contributed by atoms with van der Waals surface area (Å²) in [6.45, 7) is 4.70. The van der Waals surface area contributed by atoms with Crippen LogP contribution in [0.1, 0.15) is 71.3 Å². The number of rotatable bonds is 11. The van der Waals surface area contributed by atoms with Crippen molar-refractivity contribution in [3.63, 3.8) is 0 Å². The summed E-state index contributed by atoms with van der Waals surface area (Å²) in [5.41, 5.74) is 6.55. The van der Waals surface area contributed by atoms with Crippen molar-refractivity contribution in [2.45, 2.75) is 90.4 Å². The molecule has 0 bridgehead atoms. The second-order valence-electron chi connectivity index (χ2n) is 8.43. The van der Waals surface area contributed by atoms with E-state index in [0.29, 0.717) is 5.56 Å². The van der Waals surface area contributed by atoms with Crippen LogP contribution >= 0.6 is 0 Å². The van der Waals surface area contributed by atoms with Crippen LogP contribution in [0.4, 0.5) is 4.79 Å². The van der Waals surface area contributed by atoms with Crippen molar-refractivity contribution < 1.29 is 42.9 Å². The van der Waals surface area contributed by atoms with Crippen molar-refractivity contribution >= 4 is 24.1 Å². The van der Waals surface area contributed by atoms with Gasteiger partial charge in [0.1, 0.15) is 24.9 Å². The molecule has 1 fully saturated rings. The largest absolute Gasteiger partial charge is 0.508 e. The van der Waals surface area contributed by atoms with Gasteiger partial charge in [-0.05, 0) is 56.7 Å². The quantitative estimate of drug-likeness (QED) is 0.359. The predicted molar refractivity (Wildman–Crippen MR) is 125 cm³/mol. The van der Waals surface area contributed by atoms with Gasteiger partial charge in [-0.1, -0.05) is 26.3 Å². The van der Waals surface area contributed by atoms with Gasteiger partial charge < -0.3 is 29.4 Å². The normalized spacial score (nSPS) is 15.4. The first-order chi connectivity index (χ1) is 16.7. The lowest BCUT2D eigenvalue weighted by Crippen LogP contribution is -2.36. The minimum Gasteiger partial charge on any atom is -0.461 e. The van der Waals surface area contributed by atoms with E-state index in [1.165, 1.54) is 12.1 Å². The Balaban J connectivity index is 1.87. The summed E-state index contributed by atoms with van der Waals surface area (Å²) in [5.74, 6) is -1.50. The number of nitrogens with two attached hydrogens (primary N) is 1. The van der Waals surface area contributed by atoms with Gasteiger partial charge in [-0.2, -0.15) is 0 Å². The fourth-order valence-electron chi connectivity index (χ4n) is 3.42. The van der Waals surface area contributed by atoms with Gasteiger partial charge >= 0.3 is 24.1 Å². The molecular weight excluding hydrogens is 458 g/mol. The molecule has 0 heterocycles. The van der Waals surface area contributed by atoms with Crippen LogP contribution in [0.5, 0.6) is 11.5 Å². The highest BCUT2D eigenvalue weighted by molar-refractivity contribution is 5.77. The van der Waals surface area contributed by atoms with E-state index in [1.54, 1.807) is 26.8 Å². The average molecular weight is 494 g/mol. The molecule has 1 aromatic rings. The Kier molecular flexibility index (Phi) is 11.5. The van der Waals surface area contributed by atoms with Crippen LogP contribution in [-0.2, 0) is 35.0 Å². The van der Waals surface area contributed by atoms with Crippen molar-refractivity contribution in [1.29, 1.82) is 0 Å². The molecule has 2 N–H and O–H groups in total. The third-order valence-corrected chi connectivity index (χ3v) is 5.36. The average Bonchev–Trinajstić information content (AvgIpc) is 2.84. The number of carbonyl (C=O) groups excluding carboxylic acids is 4. The van der Waals surface area contributed by atoms with Crippen LogP contribution in [0.15, 0.2) is 18.2 Å². The highest BCUT2D eigenvalue weighted by Gasteiger charge is 2.22. The molecule has 0 spiro atoms. The van der Waals surface area contributed by atoms with E-state index in [9.17, 15) is 19.2 Å². The lowest BCUT2D eigenvalue weighted by atomic mass is 9.98. The Labute approximate surface area is 205 Å². The summed E-state index contributed by atoms with van der Waals surface area (Å²) in [5, 5.41) is 0. The van der Waals surface area contributed by atoms with E-state index in [0.717, 1.165) is 32.1 Å². The Hall–Kier alpha value is -3.14. The molecule has 0 radical (unpaired) electrons. The summed E-state index contributed by atoms with van der Waals surface area (Å²) in [6, 6.07) is 3.57. The van der Waals surface area contributed by atoms with Crippen LogP contribution < -0.4 is 15.2 Å². The maximum absolute atomic E-state index is 12.3. The van der Waals surface area contributed by atoms with Gasteiger partial charge in [0.2, 0.25) is 0 Å². The molecule has 0 saturated heterocycles. The van der Waals surface area contributed by atoms with Crippen molar-refractivity contribution in [2.24, 2.45) is 5.73 Å². The third-order valence-electron chi connectivity index (χ3n) is 5.36.